The predicted octanol–water partition coefficient (Wildman–Crippen LogP) is 1.73. The molecule has 1 rings (SSSR count). The third-order valence-electron chi connectivity index (χ3n) is 1.37. The summed E-state index contributed by atoms with van der Waals surface area (Å²) in [4.78, 5) is 3.49. The Hall–Kier alpha value is -1.39. The highest BCUT2D eigenvalue weighted by atomic mass is 19.3. The summed E-state index contributed by atoms with van der Waals surface area (Å²) >= 11 is 0. The summed E-state index contributed by atoms with van der Waals surface area (Å²) < 4.78 is 29.0. The molecule has 0 saturated heterocycles. The van der Waals surface area contributed by atoms with Gasteiger partial charge in [-0.25, -0.2) is 8.78 Å². The van der Waals surface area contributed by atoms with Crippen LogP contribution in [0.25, 0.3) is 0 Å². The van der Waals surface area contributed by atoms with Gasteiger partial charge in [0.15, 0.2) is 0 Å². The lowest BCUT2D eigenvalue weighted by Crippen LogP contribution is -1.93. The van der Waals surface area contributed by atoms with Gasteiger partial charge in [0.25, 0.3) is 6.43 Å². The molecule has 0 unspecified atom stereocenters. The van der Waals surface area contributed by atoms with Crippen molar-refractivity contribution in [3.05, 3.63) is 18.0 Å². The maximum absolute atomic E-state index is 12.2. The lowest BCUT2D eigenvalue weighted by Gasteiger charge is -2.07. The quantitative estimate of drug-likeness (QED) is 0.744. The second-order valence-electron chi connectivity index (χ2n) is 2.08. The first-order valence-corrected chi connectivity index (χ1v) is 3.15. The summed E-state index contributed by atoms with van der Waals surface area (Å²) in [6, 6.07) is 0. The highest BCUT2D eigenvalue weighted by molar-refractivity contribution is 5.41. The van der Waals surface area contributed by atoms with E-state index in [-0.39, 0.29) is 5.75 Å². The predicted molar refractivity (Wildman–Crippen MR) is 37.4 cm³/mol. The van der Waals surface area contributed by atoms with Crippen molar-refractivity contribution in [2.75, 3.05) is 7.11 Å². The minimum Gasteiger partial charge on any atom is -0.506 e. The SMILES string of the molecule is COc1cncc(O)c1C(F)F. The summed E-state index contributed by atoms with van der Waals surface area (Å²) in [7, 11) is 1.24. The molecule has 1 aromatic heterocycles. The lowest BCUT2D eigenvalue weighted by molar-refractivity contribution is 0.142. The Labute approximate surface area is 67.6 Å². The van der Waals surface area contributed by atoms with Gasteiger partial charge in [-0.3, -0.25) is 4.98 Å². The Morgan fingerprint density at radius 2 is 2.17 bits per heavy atom. The zero-order valence-electron chi connectivity index (χ0n) is 6.29. The van der Waals surface area contributed by atoms with Crippen molar-refractivity contribution in [2.45, 2.75) is 6.43 Å². The van der Waals surface area contributed by atoms with Crippen molar-refractivity contribution in [1.82, 2.24) is 4.98 Å². The smallest absolute Gasteiger partial charge is 0.271 e. The van der Waals surface area contributed by atoms with E-state index in [1.165, 1.54) is 7.11 Å². The van der Waals surface area contributed by atoms with Crippen LogP contribution < -0.4 is 4.74 Å². The molecule has 5 heteroatoms. The molecule has 0 aromatic carbocycles. The standard InChI is InChI=1S/C7H7F2NO2/c1-12-5-3-10-2-4(11)6(5)7(8)9/h2-3,7,11H,1H3. The molecule has 3 nitrogen and oxygen atoms in total. The van der Waals surface area contributed by atoms with E-state index in [0.29, 0.717) is 0 Å². The van der Waals surface area contributed by atoms with E-state index >= 15 is 0 Å². The fraction of sp³-hybridized carbons (Fsp3) is 0.286. The first-order valence-electron chi connectivity index (χ1n) is 3.15. The third-order valence-corrected chi connectivity index (χ3v) is 1.37. The van der Waals surface area contributed by atoms with Crippen LogP contribution in [0.15, 0.2) is 12.4 Å². The van der Waals surface area contributed by atoms with Crippen LogP contribution in [0.3, 0.4) is 0 Å². The highest BCUT2D eigenvalue weighted by Gasteiger charge is 2.18. The summed E-state index contributed by atoms with van der Waals surface area (Å²) in [5.74, 6) is -0.658. The Balaban J connectivity index is 3.20. The summed E-state index contributed by atoms with van der Waals surface area (Å²) in [5.41, 5.74) is -0.521. The van der Waals surface area contributed by atoms with Gasteiger partial charge in [-0.2, -0.15) is 0 Å². The van der Waals surface area contributed by atoms with Gasteiger partial charge in [0, 0.05) is 0 Å². The molecule has 1 N–H and O–H groups in total. The van der Waals surface area contributed by atoms with Gasteiger partial charge < -0.3 is 9.84 Å². The molecule has 12 heavy (non-hydrogen) atoms. The zero-order chi connectivity index (χ0) is 9.14. The minimum atomic E-state index is -2.76. The Bertz CT molecular complexity index is 278. The first kappa shape index (κ1) is 8.70. The van der Waals surface area contributed by atoms with E-state index in [0.717, 1.165) is 12.4 Å². The van der Waals surface area contributed by atoms with E-state index in [2.05, 4.69) is 9.72 Å². The third kappa shape index (κ3) is 1.44. The maximum Gasteiger partial charge on any atom is 0.271 e. The van der Waals surface area contributed by atoms with Crippen molar-refractivity contribution < 1.29 is 18.6 Å². The molecule has 66 valence electrons. The Morgan fingerprint density at radius 3 is 2.58 bits per heavy atom. The van der Waals surface area contributed by atoms with Crippen molar-refractivity contribution in [3.63, 3.8) is 0 Å². The van der Waals surface area contributed by atoms with Gasteiger partial charge in [0.1, 0.15) is 17.1 Å². The second-order valence-corrected chi connectivity index (χ2v) is 2.08. The highest BCUT2D eigenvalue weighted by Crippen LogP contribution is 2.34. The molecular weight excluding hydrogens is 168 g/mol. The van der Waals surface area contributed by atoms with E-state index in [4.69, 9.17) is 5.11 Å². The van der Waals surface area contributed by atoms with Crippen LogP contribution >= 0.6 is 0 Å². The fourth-order valence-corrected chi connectivity index (χ4v) is 0.823. The number of methoxy groups -OCH3 is 1. The van der Waals surface area contributed by atoms with E-state index < -0.39 is 17.7 Å². The molecular formula is C7H7F2NO2. The largest absolute Gasteiger partial charge is 0.506 e. The fourth-order valence-electron chi connectivity index (χ4n) is 0.823. The lowest BCUT2D eigenvalue weighted by atomic mass is 10.2. The van der Waals surface area contributed by atoms with E-state index in [9.17, 15) is 8.78 Å². The van der Waals surface area contributed by atoms with Crippen LogP contribution in [0, 0.1) is 0 Å². The molecule has 0 amide bonds. The molecule has 1 aromatic rings. The number of ether oxygens (including phenoxy) is 1. The number of nitrogens with zero attached hydrogens (tertiary/aromatic N) is 1. The van der Waals surface area contributed by atoms with Gasteiger partial charge in [-0.05, 0) is 0 Å². The monoisotopic (exact) mass is 175 g/mol. The van der Waals surface area contributed by atoms with Crippen LogP contribution in [-0.2, 0) is 0 Å². The van der Waals surface area contributed by atoms with Crippen molar-refractivity contribution in [1.29, 1.82) is 0 Å². The number of hydrogen-bond acceptors (Lipinski definition) is 3. The molecule has 0 aliphatic heterocycles. The van der Waals surface area contributed by atoms with Crippen LogP contribution in [0.1, 0.15) is 12.0 Å². The summed E-state index contributed by atoms with van der Waals surface area (Å²) in [6.07, 6.45) is -0.687. The molecule has 1 heterocycles. The average Bonchev–Trinajstić information content (AvgIpc) is 2.03. The Morgan fingerprint density at radius 1 is 1.50 bits per heavy atom. The van der Waals surface area contributed by atoms with Crippen molar-refractivity contribution >= 4 is 0 Å². The molecule has 0 fully saturated rings. The summed E-state index contributed by atoms with van der Waals surface area (Å²) in [5, 5.41) is 8.97. The zero-order valence-corrected chi connectivity index (χ0v) is 6.29. The van der Waals surface area contributed by atoms with Crippen LogP contribution in [0.5, 0.6) is 11.5 Å². The summed E-state index contributed by atoms with van der Waals surface area (Å²) in [6.45, 7) is 0. The number of halogens is 2. The maximum atomic E-state index is 12.2. The Kier molecular flexibility index (Phi) is 2.42. The second kappa shape index (κ2) is 3.34. The molecule has 0 saturated carbocycles. The number of rotatable bonds is 2. The topological polar surface area (TPSA) is 42.4 Å². The number of aromatic nitrogens is 1. The number of pyridine rings is 1. The molecule has 0 aliphatic rings. The molecule has 0 atom stereocenters. The van der Waals surface area contributed by atoms with E-state index in [1.54, 1.807) is 0 Å². The van der Waals surface area contributed by atoms with Gasteiger partial charge in [-0.15, -0.1) is 0 Å². The average molecular weight is 175 g/mol. The molecule has 0 radical (unpaired) electrons. The number of aromatic hydroxyl groups is 1. The van der Waals surface area contributed by atoms with Crippen LogP contribution in [0.2, 0.25) is 0 Å². The molecule has 0 bridgehead atoms. The van der Waals surface area contributed by atoms with Gasteiger partial charge in [-0.1, -0.05) is 0 Å². The van der Waals surface area contributed by atoms with E-state index in [1.807, 2.05) is 0 Å². The molecule has 0 aliphatic carbocycles. The van der Waals surface area contributed by atoms with Crippen LogP contribution in [0.4, 0.5) is 8.78 Å². The van der Waals surface area contributed by atoms with Gasteiger partial charge in [0.05, 0.1) is 19.5 Å². The normalized spacial score (nSPS) is 10.3. The van der Waals surface area contributed by atoms with Crippen molar-refractivity contribution in [3.8, 4) is 11.5 Å². The van der Waals surface area contributed by atoms with Gasteiger partial charge >= 0.3 is 0 Å². The van der Waals surface area contributed by atoms with Crippen molar-refractivity contribution in [2.24, 2.45) is 0 Å². The number of hydrogen-bond donors (Lipinski definition) is 1. The van der Waals surface area contributed by atoms with Gasteiger partial charge in [0.2, 0.25) is 0 Å². The minimum absolute atomic E-state index is 0.106. The van der Waals surface area contributed by atoms with Crippen LogP contribution in [-0.4, -0.2) is 17.2 Å². The number of alkyl halides is 2. The first-order chi connectivity index (χ1) is 5.66. The molecule has 0 spiro atoms.